The Labute approximate surface area is 175 Å². The minimum absolute atomic E-state index is 0.00520. The lowest BCUT2D eigenvalue weighted by Crippen LogP contribution is -2.07. The molecule has 1 aromatic carbocycles. The molecule has 0 saturated carbocycles. The van der Waals surface area contributed by atoms with Gasteiger partial charge >= 0.3 is 0 Å². The monoisotopic (exact) mass is 391 g/mol. The highest BCUT2D eigenvalue weighted by Gasteiger charge is 2.16. The Morgan fingerprint density at radius 1 is 1.14 bits per heavy atom. The summed E-state index contributed by atoms with van der Waals surface area (Å²) in [6, 6.07) is 12.8. The summed E-state index contributed by atoms with van der Waals surface area (Å²) in [5.74, 6) is 0. The molecule has 0 unspecified atom stereocenters. The van der Waals surface area contributed by atoms with E-state index in [0.717, 1.165) is 26.4 Å². The van der Waals surface area contributed by atoms with Crippen molar-refractivity contribution in [3.8, 4) is 11.3 Å². The number of fused-ring (bicyclic) bond motifs is 4. The van der Waals surface area contributed by atoms with E-state index < -0.39 is 18.6 Å². The molecular weight excluding hydrogens is 364 g/mol. The van der Waals surface area contributed by atoms with E-state index in [1.807, 2.05) is 51.1 Å². The van der Waals surface area contributed by atoms with Crippen LogP contribution in [0.15, 0.2) is 53.1 Å². The number of aromatic nitrogens is 2. The van der Waals surface area contributed by atoms with E-state index in [2.05, 4.69) is 9.97 Å². The van der Waals surface area contributed by atoms with E-state index in [4.69, 9.17) is 11.3 Å². The van der Waals surface area contributed by atoms with Gasteiger partial charge in [0.2, 0.25) is 5.71 Å². The van der Waals surface area contributed by atoms with Crippen LogP contribution in [0.3, 0.4) is 0 Å². The van der Waals surface area contributed by atoms with Crippen LogP contribution < -0.4 is 0 Å². The smallest absolute Gasteiger partial charge is 0.227 e. The van der Waals surface area contributed by atoms with E-state index in [1.165, 1.54) is 17.4 Å². The van der Waals surface area contributed by atoms with Crippen LogP contribution in [-0.4, -0.2) is 9.97 Å². The highest BCUT2D eigenvalue weighted by molar-refractivity contribution is 7.19. The largest absolute Gasteiger partial charge is 0.437 e. The molecule has 0 aliphatic carbocycles. The summed E-state index contributed by atoms with van der Waals surface area (Å²) in [7, 11) is 0. The van der Waals surface area contributed by atoms with Gasteiger partial charge in [0.05, 0.1) is 5.69 Å². The Kier molecular flexibility index (Phi) is 2.78. The van der Waals surface area contributed by atoms with Gasteiger partial charge in [-0.1, -0.05) is 32.9 Å². The first-order chi connectivity index (χ1) is 15.4. The van der Waals surface area contributed by atoms with Gasteiger partial charge in [-0.3, -0.25) is 4.98 Å². The maximum atomic E-state index is 8.59. The first-order valence-corrected chi connectivity index (χ1v) is 9.91. The third-order valence-electron chi connectivity index (χ3n) is 4.54. The molecule has 4 heterocycles. The number of thiophene rings is 1. The number of rotatable bonds is 2. The van der Waals surface area contributed by atoms with Crippen molar-refractivity contribution in [3.63, 3.8) is 0 Å². The summed E-state index contributed by atoms with van der Waals surface area (Å²) in [4.78, 5) is 9.53. The number of hydrogen-bond acceptors (Lipinski definition) is 4. The first-order valence-electron chi connectivity index (χ1n) is 11.6. The van der Waals surface area contributed by atoms with Crippen LogP contribution in [0, 0.1) is 12.3 Å². The van der Waals surface area contributed by atoms with Gasteiger partial charge in [-0.2, -0.15) is 0 Å². The number of para-hydroxylation sites is 1. The molecule has 0 radical (unpaired) electrons. The van der Waals surface area contributed by atoms with Crippen molar-refractivity contribution in [2.45, 2.75) is 34.0 Å². The lowest BCUT2D eigenvalue weighted by Gasteiger charge is -2.16. The summed E-state index contributed by atoms with van der Waals surface area (Å²) >= 11 is 1.43. The van der Waals surface area contributed by atoms with Crippen molar-refractivity contribution in [3.05, 3.63) is 59.2 Å². The second-order valence-electron chi connectivity index (χ2n) is 7.93. The molecule has 3 nitrogen and oxygen atoms in total. The van der Waals surface area contributed by atoms with E-state index in [1.54, 1.807) is 12.3 Å². The summed E-state index contributed by atoms with van der Waals surface area (Å²) in [6.45, 7) is 3.39. The van der Waals surface area contributed by atoms with Crippen LogP contribution in [-0.2, 0) is 6.37 Å². The quantitative estimate of drug-likeness (QED) is 0.320. The van der Waals surface area contributed by atoms with Gasteiger partial charge in [0, 0.05) is 50.0 Å². The van der Waals surface area contributed by atoms with Crippen molar-refractivity contribution in [2.75, 3.05) is 0 Å². The summed E-state index contributed by atoms with van der Waals surface area (Å²) in [6.07, 6.45) is 0.289. The Morgan fingerprint density at radius 2 is 2.04 bits per heavy atom. The zero-order valence-corrected chi connectivity index (χ0v) is 16.6. The van der Waals surface area contributed by atoms with Crippen LogP contribution >= 0.6 is 11.3 Å². The highest BCUT2D eigenvalue weighted by atomic mass is 32.1. The zero-order valence-electron chi connectivity index (χ0n) is 20.8. The Morgan fingerprint density at radius 3 is 2.86 bits per heavy atom. The highest BCUT2D eigenvalue weighted by Crippen LogP contribution is 2.37. The SMILES string of the molecule is [2H]C([2H])([2H])c1ccc2c(n1)oc1c(-c3cc4sc(C([2H])([2H])C(C)(C)C)cc4cn3)cccc12. The maximum Gasteiger partial charge on any atom is 0.227 e. The molecule has 0 spiro atoms. The van der Waals surface area contributed by atoms with Crippen LogP contribution in [0.2, 0.25) is 0 Å². The topological polar surface area (TPSA) is 38.9 Å². The average molecular weight is 392 g/mol. The van der Waals surface area contributed by atoms with E-state index in [0.29, 0.717) is 16.2 Å². The minimum atomic E-state index is -2.31. The number of aryl methyl sites for hydroxylation is 1. The summed E-state index contributed by atoms with van der Waals surface area (Å²) < 4.78 is 47.0. The number of furan rings is 1. The van der Waals surface area contributed by atoms with Gasteiger partial charge in [-0.05, 0) is 49.0 Å². The third kappa shape index (κ3) is 2.98. The zero-order chi connectivity index (χ0) is 23.8. The van der Waals surface area contributed by atoms with Crippen LogP contribution in [0.25, 0.3) is 43.4 Å². The van der Waals surface area contributed by atoms with Crippen molar-refractivity contribution < 1.29 is 11.3 Å². The minimum Gasteiger partial charge on any atom is -0.437 e. The lowest BCUT2D eigenvalue weighted by molar-refractivity contribution is 0.415. The predicted molar refractivity (Wildman–Crippen MR) is 118 cm³/mol. The molecule has 28 heavy (non-hydrogen) atoms. The molecule has 5 aromatic rings. The molecule has 5 rings (SSSR count). The predicted octanol–water partition coefficient (Wildman–Crippen LogP) is 7.15. The standard InChI is InChI=1S/C24H22N2OS/c1-14-8-9-18-17-6-5-7-19(22(17)27-23(18)26-14)20-11-21-15(13-25-20)10-16(28-21)12-24(2,3)4/h5-11,13H,12H2,1-4H3/i1D3,12D2. The Bertz CT molecular complexity index is 1530. The fourth-order valence-electron chi connectivity index (χ4n) is 3.39. The molecular formula is C24H22N2OS. The maximum absolute atomic E-state index is 8.59. The number of benzene rings is 1. The second kappa shape index (κ2) is 6.14. The van der Waals surface area contributed by atoms with Crippen molar-refractivity contribution in [1.29, 1.82) is 0 Å². The van der Waals surface area contributed by atoms with E-state index in [-0.39, 0.29) is 11.4 Å². The summed E-state index contributed by atoms with van der Waals surface area (Å²) in [5.41, 5.74) is 1.81. The van der Waals surface area contributed by atoms with Gasteiger partial charge in [-0.15, -0.1) is 11.3 Å². The molecule has 0 aliphatic rings. The number of pyridine rings is 2. The molecule has 4 heteroatoms. The molecule has 140 valence electrons. The van der Waals surface area contributed by atoms with Crippen molar-refractivity contribution in [1.82, 2.24) is 9.97 Å². The van der Waals surface area contributed by atoms with Gasteiger partial charge < -0.3 is 4.42 Å². The average Bonchev–Trinajstić information content (AvgIpc) is 3.32. The van der Waals surface area contributed by atoms with Gasteiger partial charge in [-0.25, -0.2) is 4.98 Å². The number of nitrogens with zero attached hydrogens (tertiary/aromatic N) is 2. The van der Waals surface area contributed by atoms with Crippen molar-refractivity contribution >= 4 is 43.5 Å². The Hall–Kier alpha value is -2.72. The second-order valence-corrected chi connectivity index (χ2v) is 9.01. The van der Waals surface area contributed by atoms with E-state index >= 15 is 0 Å². The number of hydrogen-bond donors (Lipinski definition) is 0. The molecule has 0 bridgehead atoms. The normalized spacial score (nSPS) is 16.0. The molecule has 0 aliphatic heterocycles. The first kappa shape index (κ1) is 12.7. The lowest BCUT2D eigenvalue weighted by atomic mass is 9.91. The van der Waals surface area contributed by atoms with Gasteiger partial charge in [0.15, 0.2) is 0 Å². The third-order valence-corrected chi connectivity index (χ3v) is 5.55. The van der Waals surface area contributed by atoms with Crippen LogP contribution in [0.1, 0.15) is 38.2 Å². The Balaban J connectivity index is 1.66. The molecule has 4 aromatic heterocycles. The molecule has 0 saturated heterocycles. The van der Waals surface area contributed by atoms with Crippen LogP contribution in [0.5, 0.6) is 0 Å². The summed E-state index contributed by atoms with van der Waals surface area (Å²) in [5, 5.41) is 2.48. The van der Waals surface area contributed by atoms with Gasteiger partial charge in [0.25, 0.3) is 0 Å². The fraction of sp³-hybridized carbons (Fsp3) is 0.250. The van der Waals surface area contributed by atoms with Crippen molar-refractivity contribution in [2.24, 2.45) is 5.41 Å². The fourth-order valence-corrected chi connectivity index (χ4v) is 4.57. The van der Waals surface area contributed by atoms with Gasteiger partial charge in [0.1, 0.15) is 5.58 Å². The van der Waals surface area contributed by atoms with Crippen LogP contribution in [0.4, 0.5) is 0 Å². The molecule has 0 N–H and O–H groups in total. The molecule has 0 atom stereocenters. The van der Waals surface area contributed by atoms with E-state index in [9.17, 15) is 0 Å². The molecule has 0 fully saturated rings. The molecule has 0 amide bonds.